The average molecular weight is 855 g/mol. The largest absolute Gasteiger partial charge is 0.456 e. The fourth-order valence-corrected chi connectivity index (χ4v) is 13.4. The smallest absolute Gasteiger partial charge is 0.333 e. The molecule has 3 nitrogen and oxygen atoms in total. The highest BCUT2D eigenvalue weighted by molar-refractivity contribution is 6.93. The average Bonchev–Trinajstić information content (AvgIpc) is 3.62. The molecule has 65 heavy (non-hydrogen) atoms. The van der Waals surface area contributed by atoms with Gasteiger partial charge in [-0.1, -0.05) is 126 Å². The molecule has 0 bridgehead atoms. The van der Waals surface area contributed by atoms with Crippen molar-refractivity contribution in [3.05, 3.63) is 136 Å². The number of benzene rings is 6. The van der Waals surface area contributed by atoms with Gasteiger partial charge in [-0.25, -0.2) is 0 Å². The zero-order valence-electron chi connectivity index (χ0n) is 41.4. The molecule has 1 aromatic heterocycles. The zero-order chi connectivity index (χ0) is 45.5. The first kappa shape index (κ1) is 41.2. The summed E-state index contributed by atoms with van der Waals surface area (Å²) in [7, 11) is 0. The summed E-state index contributed by atoms with van der Waals surface area (Å²) in [4.78, 5) is 5.43. The third kappa shape index (κ3) is 5.80. The summed E-state index contributed by atoms with van der Waals surface area (Å²) in [5.74, 6) is 0. The zero-order valence-corrected chi connectivity index (χ0v) is 41.4. The molecule has 2 aliphatic heterocycles. The summed E-state index contributed by atoms with van der Waals surface area (Å²) in [5, 5.41) is 2.34. The Morgan fingerprint density at radius 2 is 0.954 bits per heavy atom. The van der Waals surface area contributed by atoms with Crippen molar-refractivity contribution in [3.8, 4) is 11.1 Å². The molecule has 0 radical (unpaired) electrons. The van der Waals surface area contributed by atoms with E-state index in [0.717, 1.165) is 11.2 Å². The molecule has 3 heterocycles. The lowest BCUT2D eigenvalue weighted by Gasteiger charge is -2.49. The summed E-state index contributed by atoms with van der Waals surface area (Å²) in [5.41, 5.74) is 24.4. The van der Waals surface area contributed by atoms with Crippen LogP contribution in [-0.2, 0) is 32.5 Å². The minimum atomic E-state index is -0.0712. The molecular formula is C61H67BN2O. The van der Waals surface area contributed by atoms with Gasteiger partial charge in [-0.05, 0) is 182 Å². The van der Waals surface area contributed by atoms with Crippen LogP contribution >= 0.6 is 0 Å². The Hall–Kier alpha value is -5.22. The number of furan rings is 1. The molecule has 330 valence electrons. The second kappa shape index (κ2) is 13.0. The number of rotatable bonds is 2. The van der Waals surface area contributed by atoms with Crippen molar-refractivity contribution in [2.24, 2.45) is 0 Å². The van der Waals surface area contributed by atoms with Crippen molar-refractivity contribution in [1.29, 1.82) is 0 Å². The van der Waals surface area contributed by atoms with Gasteiger partial charge in [0.2, 0.25) is 0 Å². The van der Waals surface area contributed by atoms with E-state index in [1.54, 1.807) is 0 Å². The van der Waals surface area contributed by atoms with Crippen LogP contribution in [-0.4, -0.2) is 6.85 Å². The summed E-state index contributed by atoms with van der Waals surface area (Å²) < 4.78 is 6.78. The first-order valence-corrected chi connectivity index (χ1v) is 24.8. The Morgan fingerprint density at radius 3 is 1.57 bits per heavy atom. The molecular weight excluding hydrogens is 787 g/mol. The van der Waals surface area contributed by atoms with Crippen molar-refractivity contribution in [3.63, 3.8) is 0 Å². The normalized spacial score (nSPS) is 21.0. The van der Waals surface area contributed by atoms with E-state index >= 15 is 0 Å². The minimum absolute atomic E-state index is 0.0434. The monoisotopic (exact) mass is 855 g/mol. The van der Waals surface area contributed by atoms with Crippen LogP contribution in [0.4, 0.5) is 28.4 Å². The molecule has 12 rings (SSSR count). The molecule has 0 fully saturated rings. The van der Waals surface area contributed by atoms with Gasteiger partial charge in [-0.15, -0.1) is 0 Å². The van der Waals surface area contributed by atoms with Gasteiger partial charge in [0.15, 0.2) is 0 Å². The fourth-order valence-electron chi connectivity index (χ4n) is 13.4. The Labute approximate surface area is 388 Å². The van der Waals surface area contributed by atoms with Crippen LogP contribution in [0, 0.1) is 6.92 Å². The van der Waals surface area contributed by atoms with E-state index in [-0.39, 0.29) is 39.3 Å². The maximum absolute atomic E-state index is 6.78. The highest BCUT2D eigenvalue weighted by Crippen LogP contribution is 2.55. The van der Waals surface area contributed by atoms with Gasteiger partial charge in [-0.2, -0.15) is 0 Å². The van der Waals surface area contributed by atoms with Gasteiger partial charge in [0.05, 0.1) is 0 Å². The Balaban J connectivity index is 1.22. The van der Waals surface area contributed by atoms with Gasteiger partial charge >= 0.3 is 6.85 Å². The van der Waals surface area contributed by atoms with Crippen LogP contribution in [0.5, 0.6) is 0 Å². The van der Waals surface area contributed by atoms with Crippen LogP contribution in [0.2, 0.25) is 0 Å². The third-order valence-electron chi connectivity index (χ3n) is 17.9. The van der Waals surface area contributed by atoms with E-state index < -0.39 is 0 Å². The van der Waals surface area contributed by atoms with Gasteiger partial charge in [0.25, 0.3) is 0 Å². The van der Waals surface area contributed by atoms with Crippen LogP contribution in [0.1, 0.15) is 161 Å². The van der Waals surface area contributed by atoms with Crippen LogP contribution < -0.4 is 20.6 Å². The Bertz CT molecular complexity index is 3210. The van der Waals surface area contributed by atoms with Crippen molar-refractivity contribution in [2.75, 3.05) is 9.71 Å². The number of para-hydroxylation sites is 1. The maximum atomic E-state index is 6.78. The molecule has 0 spiro atoms. The van der Waals surface area contributed by atoms with E-state index in [1.807, 2.05) is 0 Å². The van der Waals surface area contributed by atoms with Crippen LogP contribution in [0.15, 0.2) is 101 Å². The quantitative estimate of drug-likeness (QED) is 0.162. The van der Waals surface area contributed by atoms with E-state index in [0.29, 0.717) is 0 Å². The first-order valence-electron chi connectivity index (χ1n) is 24.8. The molecule has 0 amide bonds. The highest BCUT2D eigenvalue weighted by Gasteiger charge is 2.49. The summed E-state index contributed by atoms with van der Waals surface area (Å²) >= 11 is 0. The molecule has 0 saturated heterocycles. The van der Waals surface area contributed by atoms with E-state index in [2.05, 4.69) is 197 Å². The Morgan fingerprint density at radius 1 is 0.431 bits per heavy atom. The maximum Gasteiger partial charge on any atom is 0.333 e. The van der Waals surface area contributed by atoms with Gasteiger partial charge in [0.1, 0.15) is 11.2 Å². The van der Waals surface area contributed by atoms with E-state index in [4.69, 9.17) is 4.42 Å². The number of anilines is 5. The van der Waals surface area contributed by atoms with Crippen molar-refractivity contribution in [1.82, 2.24) is 0 Å². The molecule has 4 heteroatoms. The summed E-state index contributed by atoms with van der Waals surface area (Å²) in [6, 6.07) is 38.8. The van der Waals surface area contributed by atoms with E-state index in [1.165, 1.54) is 139 Å². The fraction of sp³-hybridized carbons (Fsp3) is 0.410. The standard InChI is InChI=1S/C61H67BN2O/c1-36-28-42-40-32-41-39-16-14-15-17-53(39)65-54(41)35-50(40)64(38-19-21-44-46(31-38)59(8,9)25-23-57(44,4)5)62-49-33-47-48(61(12,13)27-26-60(47,10)11)34-51(49)63(52(29-36)55(42)62)37-18-20-43-45(30-37)58(6,7)24-22-56(43,2)3/h14-21,28-35H,22-27H2,1-13H3. The molecule has 0 atom stereocenters. The van der Waals surface area contributed by atoms with Gasteiger partial charge in [0, 0.05) is 50.8 Å². The summed E-state index contributed by atoms with van der Waals surface area (Å²) in [6.45, 7) is 31.8. The number of nitrogens with zero attached hydrogens (tertiary/aromatic N) is 2. The van der Waals surface area contributed by atoms with Gasteiger partial charge < -0.3 is 14.1 Å². The Kier molecular flexibility index (Phi) is 8.26. The molecule has 7 aromatic rings. The first-order chi connectivity index (χ1) is 30.6. The van der Waals surface area contributed by atoms with Crippen molar-refractivity contribution >= 4 is 68.1 Å². The number of fused-ring (bicyclic) bond motifs is 10. The topological polar surface area (TPSA) is 19.6 Å². The second-order valence-electron chi connectivity index (χ2n) is 25.0. The number of hydrogen-bond acceptors (Lipinski definition) is 3. The predicted molar refractivity (Wildman–Crippen MR) is 278 cm³/mol. The lowest BCUT2D eigenvalue weighted by atomic mass is 9.42. The molecule has 0 saturated carbocycles. The highest BCUT2D eigenvalue weighted by atomic mass is 16.3. The predicted octanol–water partition coefficient (Wildman–Crippen LogP) is 15.6. The molecule has 5 aliphatic rings. The van der Waals surface area contributed by atoms with Crippen LogP contribution in [0.25, 0.3) is 33.1 Å². The third-order valence-corrected chi connectivity index (χ3v) is 17.9. The molecule has 0 N–H and O–H groups in total. The van der Waals surface area contributed by atoms with Crippen molar-refractivity contribution < 1.29 is 4.42 Å². The number of hydrogen-bond donors (Lipinski definition) is 0. The SMILES string of the molecule is Cc1cc2c3c(c1)N(c1ccc4c(c1)C(C)(C)CCC4(C)C)c1cc4c(cc1B3N(c1ccc3c(c1)C(C)(C)CCC3(C)C)c1cc3oc5ccccc5c3cc1-2)C(C)(C)CCC4(C)C. The molecule has 6 aromatic carbocycles. The van der Waals surface area contributed by atoms with Crippen LogP contribution in [0.3, 0.4) is 0 Å². The van der Waals surface area contributed by atoms with Gasteiger partial charge in [-0.3, -0.25) is 0 Å². The summed E-state index contributed by atoms with van der Waals surface area (Å²) in [6.07, 6.45) is 7.10. The van der Waals surface area contributed by atoms with Crippen molar-refractivity contribution in [2.45, 2.75) is 161 Å². The lowest BCUT2D eigenvalue weighted by Crippen LogP contribution is -2.62. The molecule has 0 unspecified atom stereocenters. The minimum Gasteiger partial charge on any atom is -0.456 e. The number of aryl methyl sites for hydroxylation is 1. The second-order valence-corrected chi connectivity index (χ2v) is 25.0. The van der Waals surface area contributed by atoms with E-state index in [9.17, 15) is 0 Å². The molecule has 3 aliphatic carbocycles. The lowest BCUT2D eigenvalue weighted by molar-refractivity contribution is 0.332.